The summed E-state index contributed by atoms with van der Waals surface area (Å²) >= 11 is 0. The van der Waals surface area contributed by atoms with E-state index in [-0.39, 0.29) is 29.5 Å². The smallest absolute Gasteiger partial charge is 0.191 e. The number of aromatic nitrogens is 1. The van der Waals surface area contributed by atoms with Crippen LogP contribution in [0.1, 0.15) is 50.2 Å². The monoisotopic (exact) mass is 566 g/mol. The van der Waals surface area contributed by atoms with Gasteiger partial charge in [0.05, 0.1) is 6.54 Å². The van der Waals surface area contributed by atoms with Crippen LogP contribution >= 0.6 is 24.0 Å². The van der Waals surface area contributed by atoms with Crippen molar-refractivity contribution in [3.8, 4) is 0 Å². The van der Waals surface area contributed by atoms with Crippen LogP contribution in [0.3, 0.4) is 0 Å². The highest BCUT2D eigenvalue weighted by Crippen LogP contribution is 2.31. The average molecular weight is 567 g/mol. The molecule has 2 aliphatic heterocycles. The first kappa shape index (κ1) is 26.3. The second-order valence-corrected chi connectivity index (χ2v) is 9.76. The third-order valence-corrected chi connectivity index (χ3v) is 7.52. The van der Waals surface area contributed by atoms with Crippen LogP contribution in [0.4, 0.5) is 0 Å². The Bertz CT molecular complexity index is 893. The van der Waals surface area contributed by atoms with Crippen molar-refractivity contribution in [2.45, 2.75) is 57.9 Å². The Morgan fingerprint density at radius 1 is 1.09 bits per heavy atom. The first-order chi connectivity index (χ1) is 15.6. The van der Waals surface area contributed by atoms with Gasteiger partial charge >= 0.3 is 0 Å². The molecule has 2 aliphatic rings. The molecule has 2 fully saturated rings. The number of fused-ring (bicyclic) bond motifs is 1. The van der Waals surface area contributed by atoms with Crippen molar-refractivity contribution in [2.24, 2.45) is 4.99 Å². The molecule has 0 saturated carbocycles. The maximum absolute atomic E-state index is 5.13. The SMILES string of the molecule is CCNC(=NCC1(N2CCCCC2)CCN(C)CC1)NCCc1c[nH]c2c(C)cccc12.I. The summed E-state index contributed by atoms with van der Waals surface area (Å²) in [5.41, 5.74) is 4.16. The topological polar surface area (TPSA) is 58.7 Å². The third-order valence-electron chi connectivity index (χ3n) is 7.52. The molecule has 0 amide bonds. The van der Waals surface area contributed by atoms with Gasteiger partial charge in [0, 0.05) is 35.7 Å². The minimum atomic E-state index is 0. The molecule has 0 bridgehead atoms. The Morgan fingerprint density at radius 2 is 1.85 bits per heavy atom. The molecular weight excluding hydrogens is 523 g/mol. The van der Waals surface area contributed by atoms with Gasteiger partial charge in [-0.25, -0.2) is 0 Å². The Hall–Kier alpha value is -1.32. The van der Waals surface area contributed by atoms with Crippen LogP contribution < -0.4 is 10.6 Å². The van der Waals surface area contributed by atoms with Gasteiger partial charge in [-0.1, -0.05) is 24.6 Å². The maximum atomic E-state index is 5.13. The van der Waals surface area contributed by atoms with Crippen molar-refractivity contribution < 1.29 is 0 Å². The van der Waals surface area contributed by atoms with Gasteiger partial charge in [-0.05, 0) is 90.3 Å². The highest BCUT2D eigenvalue weighted by molar-refractivity contribution is 14.0. The van der Waals surface area contributed by atoms with E-state index in [1.807, 2.05) is 0 Å². The molecule has 2 saturated heterocycles. The predicted octanol–water partition coefficient (Wildman–Crippen LogP) is 4.14. The van der Waals surface area contributed by atoms with E-state index in [0.29, 0.717) is 0 Å². The lowest BCUT2D eigenvalue weighted by Gasteiger charge is -2.49. The molecule has 7 heteroatoms. The average Bonchev–Trinajstić information content (AvgIpc) is 3.24. The molecule has 1 aromatic carbocycles. The Kier molecular flexibility index (Phi) is 9.88. The quantitative estimate of drug-likeness (QED) is 0.268. The zero-order valence-electron chi connectivity index (χ0n) is 20.8. The summed E-state index contributed by atoms with van der Waals surface area (Å²) in [4.78, 5) is 13.8. The number of halogens is 1. The Morgan fingerprint density at radius 3 is 2.58 bits per heavy atom. The van der Waals surface area contributed by atoms with Crippen LogP contribution in [-0.2, 0) is 6.42 Å². The standard InChI is InChI=1S/C26H42N6.HI/c1-4-27-25(28-14-11-22-19-29-24-21(2)9-8-10-23(22)24)30-20-26(12-17-31(3)18-13-26)32-15-6-5-7-16-32;/h8-10,19,29H,4-7,11-18,20H2,1-3H3,(H2,27,28,30);1H. The molecule has 3 N–H and O–H groups in total. The predicted molar refractivity (Wildman–Crippen MR) is 151 cm³/mol. The minimum Gasteiger partial charge on any atom is -0.361 e. The van der Waals surface area contributed by atoms with Gasteiger partial charge in [-0.2, -0.15) is 0 Å². The number of hydrogen-bond acceptors (Lipinski definition) is 3. The highest BCUT2D eigenvalue weighted by Gasteiger charge is 2.39. The number of piperidine rings is 2. The maximum Gasteiger partial charge on any atom is 0.191 e. The van der Waals surface area contributed by atoms with E-state index >= 15 is 0 Å². The lowest BCUT2D eigenvalue weighted by Crippen LogP contribution is -2.58. The summed E-state index contributed by atoms with van der Waals surface area (Å²) < 4.78 is 0. The van der Waals surface area contributed by atoms with E-state index in [2.05, 4.69) is 70.7 Å². The second kappa shape index (κ2) is 12.4. The summed E-state index contributed by atoms with van der Waals surface area (Å²) in [6.45, 7) is 11.8. The van der Waals surface area contributed by atoms with E-state index in [1.54, 1.807) is 0 Å². The third kappa shape index (κ3) is 6.42. The molecule has 0 unspecified atom stereocenters. The minimum absolute atomic E-state index is 0. The van der Waals surface area contributed by atoms with Gasteiger partial charge in [0.1, 0.15) is 0 Å². The lowest BCUT2D eigenvalue weighted by molar-refractivity contribution is 0.0208. The van der Waals surface area contributed by atoms with Gasteiger partial charge in [-0.3, -0.25) is 9.89 Å². The van der Waals surface area contributed by atoms with E-state index in [9.17, 15) is 0 Å². The second-order valence-electron chi connectivity index (χ2n) is 9.76. The Labute approximate surface area is 217 Å². The van der Waals surface area contributed by atoms with E-state index in [4.69, 9.17) is 4.99 Å². The fourth-order valence-corrected chi connectivity index (χ4v) is 5.43. The number of H-pyrrole nitrogens is 1. The molecule has 0 spiro atoms. The summed E-state index contributed by atoms with van der Waals surface area (Å²) in [6.07, 6.45) is 9.64. The number of aliphatic imine (C=N–C) groups is 1. The van der Waals surface area contributed by atoms with Crippen LogP contribution in [-0.4, -0.2) is 79.1 Å². The number of hydrogen-bond donors (Lipinski definition) is 3. The summed E-state index contributed by atoms with van der Waals surface area (Å²) in [5.74, 6) is 0.957. The van der Waals surface area contributed by atoms with Gasteiger partial charge in [-0.15, -0.1) is 24.0 Å². The van der Waals surface area contributed by atoms with Crippen molar-refractivity contribution in [1.82, 2.24) is 25.4 Å². The number of guanidine groups is 1. The first-order valence-corrected chi connectivity index (χ1v) is 12.6. The number of aromatic amines is 1. The van der Waals surface area contributed by atoms with Crippen molar-refractivity contribution in [2.75, 3.05) is 52.9 Å². The van der Waals surface area contributed by atoms with Gasteiger partial charge in [0.25, 0.3) is 0 Å². The Balaban J connectivity index is 0.00000306. The fraction of sp³-hybridized carbons (Fsp3) is 0.654. The molecule has 3 heterocycles. The molecule has 184 valence electrons. The lowest BCUT2D eigenvalue weighted by atomic mass is 9.84. The number of para-hydroxylation sites is 1. The van der Waals surface area contributed by atoms with Crippen LogP contribution in [0.25, 0.3) is 10.9 Å². The van der Waals surface area contributed by atoms with Gasteiger partial charge in [0.15, 0.2) is 5.96 Å². The van der Waals surface area contributed by atoms with Crippen LogP contribution in [0, 0.1) is 6.92 Å². The van der Waals surface area contributed by atoms with Gasteiger partial charge in [0.2, 0.25) is 0 Å². The molecule has 2 aromatic rings. The van der Waals surface area contributed by atoms with Crippen molar-refractivity contribution in [3.63, 3.8) is 0 Å². The largest absolute Gasteiger partial charge is 0.361 e. The molecule has 33 heavy (non-hydrogen) atoms. The number of benzene rings is 1. The number of nitrogens with one attached hydrogen (secondary N) is 3. The zero-order valence-corrected chi connectivity index (χ0v) is 23.1. The normalized spacial score (nSPS) is 19.9. The van der Waals surface area contributed by atoms with Crippen molar-refractivity contribution in [3.05, 3.63) is 35.5 Å². The molecule has 6 nitrogen and oxygen atoms in total. The van der Waals surface area contributed by atoms with Gasteiger partial charge < -0.3 is 20.5 Å². The summed E-state index contributed by atoms with van der Waals surface area (Å²) in [5, 5.41) is 8.42. The molecule has 1 aromatic heterocycles. The summed E-state index contributed by atoms with van der Waals surface area (Å²) in [6, 6.07) is 6.53. The number of rotatable bonds is 7. The number of aryl methyl sites for hydroxylation is 1. The summed E-state index contributed by atoms with van der Waals surface area (Å²) in [7, 11) is 2.25. The molecule has 0 aliphatic carbocycles. The number of nitrogens with zero attached hydrogens (tertiary/aromatic N) is 3. The van der Waals surface area contributed by atoms with E-state index < -0.39 is 0 Å². The first-order valence-electron chi connectivity index (χ1n) is 12.6. The zero-order chi connectivity index (χ0) is 22.4. The van der Waals surface area contributed by atoms with Crippen LogP contribution in [0.5, 0.6) is 0 Å². The molecule has 0 radical (unpaired) electrons. The molecule has 0 atom stereocenters. The van der Waals surface area contributed by atoms with Crippen molar-refractivity contribution in [1.29, 1.82) is 0 Å². The molecular formula is C26H43IN6. The van der Waals surface area contributed by atoms with Crippen molar-refractivity contribution >= 4 is 40.8 Å². The molecule has 4 rings (SSSR count). The van der Waals surface area contributed by atoms with Crippen LogP contribution in [0.2, 0.25) is 0 Å². The fourth-order valence-electron chi connectivity index (χ4n) is 5.43. The van der Waals surface area contributed by atoms with Crippen LogP contribution in [0.15, 0.2) is 29.4 Å². The number of likely N-dealkylation sites (tertiary alicyclic amines) is 2. The van der Waals surface area contributed by atoms with E-state index in [1.165, 1.54) is 80.3 Å². The van der Waals surface area contributed by atoms with E-state index in [0.717, 1.165) is 32.0 Å². The highest BCUT2D eigenvalue weighted by atomic mass is 127.